The van der Waals surface area contributed by atoms with E-state index in [4.69, 9.17) is 0 Å². The van der Waals surface area contributed by atoms with Gasteiger partial charge in [-0.1, -0.05) is 43.4 Å². The second kappa shape index (κ2) is 11.2. The van der Waals surface area contributed by atoms with Crippen LogP contribution in [0.5, 0.6) is 0 Å². The van der Waals surface area contributed by atoms with Gasteiger partial charge in [-0.2, -0.15) is 0 Å². The molecule has 0 radical (unpaired) electrons. The van der Waals surface area contributed by atoms with E-state index in [1.807, 2.05) is 6.92 Å². The molecule has 0 N–H and O–H groups in total. The van der Waals surface area contributed by atoms with Gasteiger partial charge in [-0.15, -0.1) is 0 Å². The molecule has 0 spiro atoms. The summed E-state index contributed by atoms with van der Waals surface area (Å²) in [4.78, 5) is 0. The zero-order valence-corrected chi connectivity index (χ0v) is 9.00. The molecule has 0 saturated carbocycles. The topological polar surface area (TPSA) is 0 Å². The highest BCUT2D eigenvalue weighted by Crippen LogP contribution is 2.01. The Balaban J connectivity index is 3.12. The molecule has 0 nitrogen and oxygen atoms in total. The van der Waals surface area contributed by atoms with E-state index in [9.17, 15) is 0 Å². The molecule has 0 saturated heterocycles. The Morgan fingerprint density at radius 3 is 2.15 bits per heavy atom. The quantitative estimate of drug-likeness (QED) is 0.302. The van der Waals surface area contributed by atoms with Gasteiger partial charge in [0, 0.05) is 0 Å². The molecular formula is C13H22. The molecule has 0 aliphatic carbocycles. The first-order valence-corrected chi connectivity index (χ1v) is 5.34. The maximum Gasteiger partial charge on any atom is -0.0347 e. The third-order valence-corrected chi connectivity index (χ3v) is 1.83. The predicted octanol–water partition coefficient (Wildman–Crippen LogP) is 4.65. The number of hydrogen-bond donors (Lipinski definition) is 0. The molecule has 0 aromatic heterocycles. The molecular weight excluding hydrogens is 156 g/mol. The predicted molar refractivity (Wildman–Crippen MR) is 61.9 cm³/mol. The van der Waals surface area contributed by atoms with Gasteiger partial charge in [0.05, 0.1) is 0 Å². The van der Waals surface area contributed by atoms with Crippen molar-refractivity contribution in [1.82, 2.24) is 0 Å². The van der Waals surface area contributed by atoms with Gasteiger partial charge < -0.3 is 0 Å². The molecule has 0 atom stereocenters. The third kappa shape index (κ3) is 11.2. The van der Waals surface area contributed by atoms with Crippen molar-refractivity contribution >= 4 is 0 Å². The molecule has 0 aliphatic rings. The van der Waals surface area contributed by atoms with Crippen LogP contribution in [0.1, 0.15) is 46.0 Å². The van der Waals surface area contributed by atoms with Crippen molar-refractivity contribution in [2.24, 2.45) is 0 Å². The van der Waals surface area contributed by atoms with E-state index < -0.39 is 0 Å². The van der Waals surface area contributed by atoms with E-state index in [-0.39, 0.29) is 0 Å². The lowest BCUT2D eigenvalue weighted by Crippen LogP contribution is -1.71. The Hall–Kier alpha value is -0.780. The van der Waals surface area contributed by atoms with Crippen molar-refractivity contribution in [1.29, 1.82) is 0 Å². The summed E-state index contributed by atoms with van der Waals surface area (Å²) < 4.78 is 0. The van der Waals surface area contributed by atoms with Crippen molar-refractivity contribution in [2.75, 3.05) is 0 Å². The van der Waals surface area contributed by atoms with E-state index >= 15 is 0 Å². The molecule has 0 unspecified atom stereocenters. The number of hydrogen-bond acceptors (Lipinski definition) is 0. The fraction of sp³-hybridized carbons (Fsp3) is 0.538. The van der Waals surface area contributed by atoms with E-state index in [0.29, 0.717) is 0 Å². The molecule has 74 valence electrons. The molecule has 0 aromatic carbocycles. The standard InChI is InChI=1S/C13H22/c1-3-5-7-9-11-13-12-10-8-6-4-2/h3,5-9H,4,10-13H2,1-2H3. The Morgan fingerprint density at radius 2 is 1.54 bits per heavy atom. The highest BCUT2D eigenvalue weighted by Gasteiger charge is 1.82. The van der Waals surface area contributed by atoms with E-state index in [1.54, 1.807) is 0 Å². The minimum absolute atomic E-state index is 1.17. The molecule has 0 heterocycles. The summed E-state index contributed by atoms with van der Waals surface area (Å²) in [6.45, 7) is 4.22. The lowest BCUT2D eigenvalue weighted by Gasteiger charge is -1.91. The lowest BCUT2D eigenvalue weighted by molar-refractivity contribution is 0.761. The molecule has 0 rings (SSSR count). The summed E-state index contributed by atoms with van der Waals surface area (Å²) in [6, 6.07) is 0. The summed E-state index contributed by atoms with van der Waals surface area (Å²) in [5.74, 6) is 0. The number of rotatable bonds is 7. The number of allylic oxidation sites excluding steroid dienone is 6. The van der Waals surface area contributed by atoms with Gasteiger partial charge in [-0.05, 0) is 39.0 Å². The minimum atomic E-state index is 1.17. The van der Waals surface area contributed by atoms with Gasteiger partial charge in [-0.25, -0.2) is 0 Å². The van der Waals surface area contributed by atoms with Gasteiger partial charge in [-0.3, -0.25) is 0 Å². The summed E-state index contributed by atoms with van der Waals surface area (Å²) in [7, 11) is 0. The minimum Gasteiger partial charge on any atom is -0.0888 e. The lowest BCUT2D eigenvalue weighted by atomic mass is 10.2. The first-order chi connectivity index (χ1) is 6.41. The molecule has 0 aromatic rings. The highest BCUT2D eigenvalue weighted by molar-refractivity contribution is 5.00. The fourth-order valence-corrected chi connectivity index (χ4v) is 1.09. The first-order valence-electron chi connectivity index (χ1n) is 5.34. The Morgan fingerprint density at radius 1 is 0.846 bits per heavy atom. The van der Waals surface area contributed by atoms with Crippen LogP contribution >= 0.6 is 0 Å². The van der Waals surface area contributed by atoms with Gasteiger partial charge in [0.25, 0.3) is 0 Å². The van der Waals surface area contributed by atoms with Crippen LogP contribution in [0.15, 0.2) is 36.5 Å². The Bertz CT molecular complexity index is 161. The Labute approximate surface area is 83.0 Å². The SMILES string of the molecule is CC=CC=CCCCCC=CCC. The normalized spacial score (nSPS) is 12.5. The number of unbranched alkanes of at least 4 members (excludes halogenated alkanes) is 3. The molecule has 0 bridgehead atoms. The van der Waals surface area contributed by atoms with Gasteiger partial charge in [0.1, 0.15) is 0 Å². The maximum atomic E-state index is 2.29. The summed E-state index contributed by atoms with van der Waals surface area (Å²) in [6.07, 6.45) is 19.3. The van der Waals surface area contributed by atoms with Crippen LogP contribution in [0, 0.1) is 0 Å². The van der Waals surface area contributed by atoms with Crippen LogP contribution in [0.3, 0.4) is 0 Å². The highest BCUT2D eigenvalue weighted by atomic mass is 13.9. The molecule has 13 heavy (non-hydrogen) atoms. The summed E-state index contributed by atoms with van der Waals surface area (Å²) in [5, 5.41) is 0. The van der Waals surface area contributed by atoms with Crippen LogP contribution in [-0.2, 0) is 0 Å². The van der Waals surface area contributed by atoms with Gasteiger partial charge >= 0.3 is 0 Å². The van der Waals surface area contributed by atoms with Gasteiger partial charge in [0.2, 0.25) is 0 Å². The van der Waals surface area contributed by atoms with Crippen LogP contribution in [-0.4, -0.2) is 0 Å². The second-order valence-corrected chi connectivity index (χ2v) is 3.12. The largest absolute Gasteiger partial charge is 0.0888 e. The van der Waals surface area contributed by atoms with Crippen molar-refractivity contribution < 1.29 is 0 Å². The third-order valence-electron chi connectivity index (χ3n) is 1.83. The average molecular weight is 178 g/mol. The Kier molecular flexibility index (Phi) is 10.5. The monoisotopic (exact) mass is 178 g/mol. The fourth-order valence-electron chi connectivity index (χ4n) is 1.09. The van der Waals surface area contributed by atoms with Crippen LogP contribution < -0.4 is 0 Å². The van der Waals surface area contributed by atoms with E-state index in [2.05, 4.69) is 43.4 Å². The molecule has 0 fully saturated rings. The second-order valence-electron chi connectivity index (χ2n) is 3.12. The van der Waals surface area contributed by atoms with Crippen molar-refractivity contribution in [3.63, 3.8) is 0 Å². The zero-order chi connectivity index (χ0) is 9.78. The van der Waals surface area contributed by atoms with Gasteiger partial charge in [0.15, 0.2) is 0 Å². The van der Waals surface area contributed by atoms with Crippen LogP contribution in [0.25, 0.3) is 0 Å². The van der Waals surface area contributed by atoms with E-state index in [1.165, 1.54) is 32.1 Å². The molecule has 0 amide bonds. The van der Waals surface area contributed by atoms with Crippen molar-refractivity contribution in [3.8, 4) is 0 Å². The average Bonchev–Trinajstić information content (AvgIpc) is 2.16. The smallest absolute Gasteiger partial charge is 0.0347 e. The van der Waals surface area contributed by atoms with Crippen LogP contribution in [0.2, 0.25) is 0 Å². The summed E-state index contributed by atoms with van der Waals surface area (Å²) in [5.41, 5.74) is 0. The van der Waals surface area contributed by atoms with Crippen LogP contribution in [0.4, 0.5) is 0 Å². The summed E-state index contributed by atoms with van der Waals surface area (Å²) >= 11 is 0. The van der Waals surface area contributed by atoms with Crippen molar-refractivity contribution in [3.05, 3.63) is 36.5 Å². The molecule has 0 aliphatic heterocycles. The van der Waals surface area contributed by atoms with Crippen molar-refractivity contribution in [2.45, 2.75) is 46.0 Å². The maximum absolute atomic E-state index is 2.29. The van der Waals surface area contributed by atoms with E-state index in [0.717, 1.165) is 0 Å². The molecule has 0 heteroatoms. The first kappa shape index (κ1) is 12.2. The zero-order valence-electron chi connectivity index (χ0n) is 9.00.